The van der Waals surface area contributed by atoms with Crippen LogP contribution in [0.4, 0.5) is 5.69 Å². The molecular weight excluding hydrogens is 186 g/mol. The number of aliphatic imine (C=N–C) groups is 1. The smallest absolute Gasteiger partial charge is 0.0907 e. The molecule has 0 unspecified atom stereocenters. The normalized spacial score (nSPS) is 16.8. The molecule has 0 aliphatic carbocycles. The molecule has 0 amide bonds. The van der Waals surface area contributed by atoms with Crippen LogP contribution in [0.25, 0.3) is 5.57 Å². The fourth-order valence-electron chi connectivity index (χ4n) is 1.75. The first-order valence-corrected chi connectivity index (χ1v) is 4.81. The molecular formula is C13H9NO. The van der Waals surface area contributed by atoms with Crippen LogP contribution in [0.3, 0.4) is 0 Å². The van der Waals surface area contributed by atoms with Crippen molar-refractivity contribution in [3.63, 3.8) is 0 Å². The zero-order chi connectivity index (χ0) is 10.1. The average Bonchev–Trinajstić information content (AvgIpc) is 2.74. The number of hydrogen-bond acceptors (Lipinski definition) is 2. The maximum atomic E-state index is 5.01. The van der Waals surface area contributed by atoms with Gasteiger partial charge in [-0.05, 0) is 23.8 Å². The Balaban J connectivity index is 2.18. The van der Waals surface area contributed by atoms with Gasteiger partial charge in [-0.15, -0.1) is 0 Å². The number of rotatable bonds is 0. The van der Waals surface area contributed by atoms with Crippen molar-refractivity contribution < 1.29 is 4.74 Å². The predicted octanol–water partition coefficient (Wildman–Crippen LogP) is 3.21. The molecule has 1 aromatic rings. The monoisotopic (exact) mass is 195 g/mol. The van der Waals surface area contributed by atoms with Gasteiger partial charge in [0, 0.05) is 17.4 Å². The molecule has 1 aromatic carbocycles. The Morgan fingerprint density at radius 2 is 1.80 bits per heavy atom. The number of para-hydroxylation sites is 1. The molecule has 0 saturated heterocycles. The molecule has 0 radical (unpaired) electrons. The van der Waals surface area contributed by atoms with E-state index in [1.165, 1.54) is 5.56 Å². The Bertz CT molecular complexity index is 507. The van der Waals surface area contributed by atoms with Gasteiger partial charge in [-0.1, -0.05) is 18.2 Å². The molecule has 2 heterocycles. The maximum Gasteiger partial charge on any atom is 0.0907 e. The van der Waals surface area contributed by atoms with Crippen molar-refractivity contribution in [2.75, 3.05) is 0 Å². The van der Waals surface area contributed by atoms with E-state index in [-0.39, 0.29) is 0 Å². The van der Waals surface area contributed by atoms with Crippen molar-refractivity contribution >= 4 is 17.5 Å². The molecule has 2 nitrogen and oxygen atoms in total. The second-order valence-electron chi connectivity index (χ2n) is 3.39. The van der Waals surface area contributed by atoms with E-state index < -0.39 is 0 Å². The molecule has 2 aliphatic rings. The summed E-state index contributed by atoms with van der Waals surface area (Å²) in [6, 6.07) is 8.13. The zero-order valence-corrected chi connectivity index (χ0v) is 8.05. The molecule has 2 aliphatic heterocycles. The molecule has 0 bridgehead atoms. The summed E-state index contributed by atoms with van der Waals surface area (Å²) in [4.78, 5) is 4.36. The van der Waals surface area contributed by atoms with E-state index in [1.807, 2.05) is 36.6 Å². The quantitative estimate of drug-likeness (QED) is 0.622. The Morgan fingerprint density at radius 1 is 1.00 bits per heavy atom. The Labute approximate surface area is 87.9 Å². The maximum absolute atomic E-state index is 5.01. The van der Waals surface area contributed by atoms with Crippen LogP contribution in [-0.4, -0.2) is 6.21 Å². The van der Waals surface area contributed by atoms with E-state index in [2.05, 4.69) is 11.1 Å². The van der Waals surface area contributed by atoms with Gasteiger partial charge in [-0.3, -0.25) is 4.99 Å². The van der Waals surface area contributed by atoms with Crippen molar-refractivity contribution in [1.82, 2.24) is 0 Å². The Morgan fingerprint density at radius 3 is 2.67 bits per heavy atom. The lowest BCUT2D eigenvalue weighted by atomic mass is 10.0. The minimum Gasteiger partial charge on any atom is -0.473 e. The van der Waals surface area contributed by atoms with E-state index in [0.717, 1.165) is 16.8 Å². The second-order valence-corrected chi connectivity index (χ2v) is 3.39. The van der Waals surface area contributed by atoms with Gasteiger partial charge in [0.25, 0.3) is 0 Å². The highest BCUT2D eigenvalue weighted by molar-refractivity contribution is 6.18. The highest BCUT2D eigenvalue weighted by atomic mass is 16.5. The van der Waals surface area contributed by atoms with E-state index in [0.29, 0.717) is 0 Å². The first-order valence-electron chi connectivity index (χ1n) is 4.81. The summed E-state index contributed by atoms with van der Waals surface area (Å²) < 4.78 is 5.01. The predicted molar refractivity (Wildman–Crippen MR) is 60.9 cm³/mol. The summed E-state index contributed by atoms with van der Waals surface area (Å²) in [6.07, 6.45) is 9.15. The van der Waals surface area contributed by atoms with Gasteiger partial charge in [0.2, 0.25) is 0 Å². The van der Waals surface area contributed by atoms with Crippen LogP contribution in [0.15, 0.2) is 59.5 Å². The topological polar surface area (TPSA) is 21.6 Å². The van der Waals surface area contributed by atoms with Gasteiger partial charge in [-0.2, -0.15) is 0 Å². The molecule has 3 rings (SSSR count). The fraction of sp³-hybridized carbons (Fsp3) is 0. The summed E-state index contributed by atoms with van der Waals surface area (Å²) in [5.41, 5.74) is 4.51. The third kappa shape index (κ3) is 1.31. The van der Waals surface area contributed by atoms with Crippen molar-refractivity contribution in [3.8, 4) is 0 Å². The van der Waals surface area contributed by atoms with E-state index >= 15 is 0 Å². The minimum absolute atomic E-state index is 1.04. The van der Waals surface area contributed by atoms with Crippen LogP contribution in [0.5, 0.6) is 0 Å². The molecule has 0 fully saturated rings. The third-order valence-corrected chi connectivity index (χ3v) is 2.49. The lowest BCUT2D eigenvalue weighted by molar-refractivity contribution is 0.398. The summed E-state index contributed by atoms with van der Waals surface area (Å²) in [5.74, 6) is 0. The molecule has 2 heteroatoms. The fourth-order valence-corrected chi connectivity index (χ4v) is 1.75. The minimum atomic E-state index is 1.04. The van der Waals surface area contributed by atoms with Crippen molar-refractivity contribution in [1.29, 1.82) is 0 Å². The summed E-state index contributed by atoms with van der Waals surface area (Å²) in [6.45, 7) is 0. The molecule has 0 saturated carbocycles. The first-order chi connectivity index (χ1) is 7.45. The number of benzene rings is 1. The lowest BCUT2D eigenvalue weighted by Crippen LogP contribution is -1.88. The van der Waals surface area contributed by atoms with Crippen LogP contribution in [0.2, 0.25) is 0 Å². The van der Waals surface area contributed by atoms with E-state index in [9.17, 15) is 0 Å². The van der Waals surface area contributed by atoms with Crippen LogP contribution in [0, 0.1) is 0 Å². The van der Waals surface area contributed by atoms with Crippen molar-refractivity contribution in [3.05, 3.63) is 60.1 Å². The second kappa shape index (κ2) is 3.24. The average molecular weight is 195 g/mol. The molecule has 15 heavy (non-hydrogen) atoms. The van der Waals surface area contributed by atoms with Crippen molar-refractivity contribution in [2.24, 2.45) is 4.99 Å². The molecule has 0 atom stereocenters. The van der Waals surface area contributed by atoms with Gasteiger partial charge in [0.1, 0.15) is 0 Å². The first kappa shape index (κ1) is 8.24. The van der Waals surface area contributed by atoms with Crippen LogP contribution < -0.4 is 0 Å². The number of ether oxygens (including phenoxy) is 1. The SMILES string of the molecule is C1=CC(=C2C=Nc3ccccc32)C=CO1. The van der Waals surface area contributed by atoms with Crippen LogP contribution >= 0.6 is 0 Å². The standard InChI is InChI=1S/C13H9NO/c1-2-4-13-11(3-1)12(9-14-13)10-5-7-15-8-6-10/h1-9H. The highest BCUT2D eigenvalue weighted by Crippen LogP contribution is 2.33. The molecule has 0 spiro atoms. The van der Waals surface area contributed by atoms with E-state index in [1.54, 1.807) is 12.5 Å². The zero-order valence-electron chi connectivity index (χ0n) is 8.05. The lowest BCUT2D eigenvalue weighted by Gasteiger charge is -2.05. The van der Waals surface area contributed by atoms with Crippen LogP contribution in [-0.2, 0) is 4.74 Å². The third-order valence-electron chi connectivity index (χ3n) is 2.49. The number of allylic oxidation sites excluding steroid dienone is 4. The van der Waals surface area contributed by atoms with Gasteiger partial charge in [0.05, 0.1) is 18.2 Å². The van der Waals surface area contributed by atoms with Crippen molar-refractivity contribution in [2.45, 2.75) is 0 Å². The number of nitrogens with zero attached hydrogens (tertiary/aromatic N) is 1. The van der Waals surface area contributed by atoms with Gasteiger partial charge < -0.3 is 4.74 Å². The summed E-state index contributed by atoms with van der Waals surface area (Å²) in [5, 5.41) is 0. The largest absolute Gasteiger partial charge is 0.473 e. The summed E-state index contributed by atoms with van der Waals surface area (Å²) in [7, 11) is 0. The van der Waals surface area contributed by atoms with Gasteiger partial charge in [0.15, 0.2) is 0 Å². The number of hydrogen-bond donors (Lipinski definition) is 0. The molecule has 0 N–H and O–H groups in total. The Kier molecular flexibility index (Phi) is 1.78. The number of fused-ring (bicyclic) bond motifs is 1. The summed E-state index contributed by atoms with van der Waals surface area (Å²) >= 11 is 0. The van der Waals surface area contributed by atoms with E-state index in [4.69, 9.17) is 4.74 Å². The van der Waals surface area contributed by atoms with Gasteiger partial charge in [-0.25, -0.2) is 0 Å². The molecule has 72 valence electrons. The molecule has 0 aromatic heterocycles. The van der Waals surface area contributed by atoms with Crippen LogP contribution in [0.1, 0.15) is 5.56 Å². The highest BCUT2D eigenvalue weighted by Gasteiger charge is 2.13. The Hall–Kier alpha value is -2.09. The van der Waals surface area contributed by atoms with Gasteiger partial charge >= 0.3 is 0 Å².